The number of nitrogens with two attached hydrogens (primary N) is 1. The van der Waals surface area contributed by atoms with Crippen LogP contribution in [0.2, 0.25) is 0 Å². The lowest BCUT2D eigenvalue weighted by atomic mass is 9.95. The van der Waals surface area contributed by atoms with Crippen molar-refractivity contribution in [3.8, 4) is 5.75 Å². The Kier molecular flexibility index (Phi) is 3.81. The van der Waals surface area contributed by atoms with Gasteiger partial charge >= 0.3 is 0 Å². The Morgan fingerprint density at radius 1 is 1.30 bits per heavy atom. The highest BCUT2D eigenvalue weighted by atomic mass is 32.1. The van der Waals surface area contributed by atoms with Crippen molar-refractivity contribution in [3.05, 3.63) is 17.1 Å². The Morgan fingerprint density at radius 2 is 2.10 bits per heavy atom. The van der Waals surface area contributed by atoms with E-state index in [1.807, 2.05) is 19.1 Å². The molecule has 1 aromatic heterocycles. The van der Waals surface area contributed by atoms with Gasteiger partial charge in [0.1, 0.15) is 11.9 Å². The van der Waals surface area contributed by atoms with Crippen molar-refractivity contribution in [2.24, 2.45) is 0 Å². The van der Waals surface area contributed by atoms with Crippen molar-refractivity contribution in [1.29, 1.82) is 0 Å². The van der Waals surface area contributed by atoms with Gasteiger partial charge in [-0.25, -0.2) is 4.98 Å². The minimum Gasteiger partial charge on any atom is -0.488 e. The van der Waals surface area contributed by atoms with Crippen molar-refractivity contribution in [3.63, 3.8) is 0 Å². The Balaban J connectivity index is 1.81. The smallest absolute Gasteiger partial charge is 0.144 e. The zero-order chi connectivity index (χ0) is 14.1. The first-order valence-corrected chi connectivity index (χ1v) is 7.83. The maximum Gasteiger partial charge on any atom is 0.144 e. The van der Waals surface area contributed by atoms with Crippen molar-refractivity contribution in [1.82, 2.24) is 4.98 Å². The summed E-state index contributed by atoms with van der Waals surface area (Å²) in [5, 5.41) is 1.05. The second-order valence-corrected chi connectivity index (χ2v) is 6.59. The van der Waals surface area contributed by atoms with Crippen LogP contribution in [-0.2, 0) is 4.74 Å². The summed E-state index contributed by atoms with van der Waals surface area (Å²) in [6.45, 7) is 2.01. The summed E-state index contributed by atoms with van der Waals surface area (Å²) in [5.41, 5.74) is 7.77. The first-order chi connectivity index (χ1) is 9.65. The number of methoxy groups -OCH3 is 1. The third-order valence-corrected chi connectivity index (χ3v) is 4.77. The highest BCUT2D eigenvalue weighted by Crippen LogP contribution is 2.33. The fourth-order valence-corrected chi connectivity index (χ4v) is 3.65. The molecule has 20 heavy (non-hydrogen) atoms. The van der Waals surface area contributed by atoms with Gasteiger partial charge in [-0.1, -0.05) is 0 Å². The Morgan fingerprint density at radius 3 is 2.90 bits per heavy atom. The van der Waals surface area contributed by atoms with Gasteiger partial charge in [0, 0.05) is 19.6 Å². The molecule has 0 aliphatic heterocycles. The van der Waals surface area contributed by atoms with Crippen molar-refractivity contribution in [2.45, 2.75) is 44.8 Å². The van der Waals surface area contributed by atoms with E-state index in [4.69, 9.17) is 15.2 Å². The number of nitrogens with zero attached hydrogens (tertiary/aromatic N) is 1. The number of fused-ring (bicyclic) bond motifs is 1. The molecule has 0 radical (unpaired) electrons. The maximum atomic E-state index is 6.10. The van der Waals surface area contributed by atoms with E-state index in [0.717, 1.165) is 46.7 Å². The van der Waals surface area contributed by atoms with Crippen LogP contribution in [0.15, 0.2) is 12.1 Å². The standard InChI is InChI=1S/C15H20N2O2S/c1-9-17-13-8-14(12(16)7-15(13)20-9)19-11-5-3-4-10(6-11)18-2/h7-8,10-11H,3-6,16H2,1-2H3. The molecule has 0 bridgehead atoms. The van der Waals surface area contributed by atoms with Crippen LogP contribution in [0.3, 0.4) is 0 Å². The quantitative estimate of drug-likeness (QED) is 0.879. The summed E-state index contributed by atoms with van der Waals surface area (Å²) in [7, 11) is 1.77. The average molecular weight is 292 g/mol. The van der Waals surface area contributed by atoms with Crippen LogP contribution in [0.5, 0.6) is 5.75 Å². The number of hydrogen-bond donors (Lipinski definition) is 1. The normalized spacial score (nSPS) is 23.1. The second kappa shape index (κ2) is 5.58. The predicted molar refractivity (Wildman–Crippen MR) is 82.5 cm³/mol. The van der Waals surface area contributed by atoms with E-state index in [-0.39, 0.29) is 6.10 Å². The molecule has 108 valence electrons. The van der Waals surface area contributed by atoms with Crippen LogP contribution in [-0.4, -0.2) is 24.3 Å². The zero-order valence-corrected chi connectivity index (χ0v) is 12.7. The maximum absolute atomic E-state index is 6.10. The average Bonchev–Trinajstić information content (AvgIpc) is 2.78. The van der Waals surface area contributed by atoms with Crippen LogP contribution >= 0.6 is 11.3 Å². The fraction of sp³-hybridized carbons (Fsp3) is 0.533. The van der Waals surface area contributed by atoms with Gasteiger partial charge in [0.2, 0.25) is 0 Å². The SMILES string of the molecule is COC1CCCC(Oc2cc3nc(C)sc3cc2N)C1. The fourth-order valence-electron chi connectivity index (χ4n) is 2.79. The van der Waals surface area contributed by atoms with Crippen LogP contribution in [0.4, 0.5) is 5.69 Å². The lowest BCUT2D eigenvalue weighted by molar-refractivity contribution is 0.0212. The van der Waals surface area contributed by atoms with E-state index in [1.165, 1.54) is 0 Å². The lowest BCUT2D eigenvalue weighted by Gasteiger charge is -2.29. The molecule has 1 saturated carbocycles. The van der Waals surface area contributed by atoms with Crippen LogP contribution < -0.4 is 10.5 Å². The molecule has 2 unspecified atom stereocenters. The molecule has 1 aromatic carbocycles. The molecule has 0 saturated heterocycles. The molecule has 5 heteroatoms. The molecular formula is C15H20N2O2S. The summed E-state index contributed by atoms with van der Waals surface area (Å²) in [4.78, 5) is 4.50. The van der Waals surface area contributed by atoms with Gasteiger partial charge in [-0.15, -0.1) is 11.3 Å². The molecule has 0 spiro atoms. The summed E-state index contributed by atoms with van der Waals surface area (Å²) in [6, 6.07) is 3.93. The van der Waals surface area contributed by atoms with Gasteiger partial charge in [-0.2, -0.15) is 0 Å². The number of anilines is 1. The molecule has 2 atom stereocenters. The second-order valence-electron chi connectivity index (χ2n) is 5.35. The third kappa shape index (κ3) is 2.74. The number of aryl methyl sites for hydroxylation is 1. The van der Waals surface area contributed by atoms with Crippen LogP contribution in [0, 0.1) is 6.92 Å². The number of benzene rings is 1. The van der Waals surface area contributed by atoms with Gasteiger partial charge in [-0.05, 0) is 32.3 Å². The molecule has 4 nitrogen and oxygen atoms in total. The number of thiazole rings is 1. The number of hydrogen-bond acceptors (Lipinski definition) is 5. The number of nitrogen functional groups attached to an aromatic ring is 1. The number of rotatable bonds is 3. The molecule has 1 heterocycles. The molecule has 1 fully saturated rings. The van der Waals surface area contributed by atoms with E-state index in [1.54, 1.807) is 18.4 Å². The minimum atomic E-state index is 0.188. The summed E-state index contributed by atoms with van der Waals surface area (Å²) >= 11 is 1.66. The molecule has 1 aliphatic carbocycles. The summed E-state index contributed by atoms with van der Waals surface area (Å²) in [5.74, 6) is 0.754. The van der Waals surface area contributed by atoms with Gasteiger partial charge in [0.05, 0.1) is 27.0 Å². The molecule has 3 rings (SSSR count). The topological polar surface area (TPSA) is 57.4 Å². The van der Waals surface area contributed by atoms with Crippen LogP contribution in [0.25, 0.3) is 10.2 Å². The predicted octanol–water partition coefficient (Wildman–Crippen LogP) is 3.52. The summed E-state index contributed by atoms with van der Waals surface area (Å²) < 4.78 is 12.7. The van der Waals surface area contributed by atoms with Gasteiger partial charge in [0.25, 0.3) is 0 Å². The summed E-state index contributed by atoms with van der Waals surface area (Å²) in [6.07, 6.45) is 4.75. The van der Waals surface area contributed by atoms with Crippen molar-refractivity contribution >= 4 is 27.2 Å². The monoisotopic (exact) mass is 292 g/mol. The molecule has 2 N–H and O–H groups in total. The Labute approximate surface area is 122 Å². The molecular weight excluding hydrogens is 272 g/mol. The van der Waals surface area contributed by atoms with Crippen LogP contribution in [0.1, 0.15) is 30.7 Å². The number of ether oxygens (including phenoxy) is 2. The van der Waals surface area contributed by atoms with Crippen molar-refractivity contribution < 1.29 is 9.47 Å². The van der Waals surface area contributed by atoms with Gasteiger partial charge < -0.3 is 15.2 Å². The first-order valence-electron chi connectivity index (χ1n) is 7.02. The third-order valence-electron chi connectivity index (χ3n) is 3.83. The molecule has 2 aromatic rings. The Bertz CT molecular complexity index is 611. The van der Waals surface area contributed by atoms with E-state index in [0.29, 0.717) is 11.8 Å². The van der Waals surface area contributed by atoms with E-state index in [2.05, 4.69) is 4.98 Å². The number of aromatic nitrogens is 1. The molecule has 0 amide bonds. The molecule has 1 aliphatic rings. The highest BCUT2D eigenvalue weighted by Gasteiger charge is 2.23. The van der Waals surface area contributed by atoms with Crippen molar-refractivity contribution in [2.75, 3.05) is 12.8 Å². The largest absolute Gasteiger partial charge is 0.488 e. The van der Waals surface area contributed by atoms with E-state index in [9.17, 15) is 0 Å². The zero-order valence-electron chi connectivity index (χ0n) is 11.9. The van der Waals surface area contributed by atoms with Gasteiger partial charge in [0.15, 0.2) is 0 Å². The van der Waals surface area contributed by atoms with E-state index < -0.39 is 0 Å². The van der Waals surface area contributed by atoms with Gasteiger partial charge in [-0.3, -0.25) is 0 Å². The Hall–Kier alpha value is -1.33. The first kappa shape index (κ1) is 13.6. The lowest BCUT2D eigenvalue weighted by Crippen LogP contribution is -2.29. The highest BCUT2D eigenvalue weighted by molar-refractivity contribution is 7.18. The minimum absolute atomic E-state index is 0.188. The van der Waals surface area contributed by atoms with E-state index >= 15 is 0 Å².